The second-order valence-corrected chi connectivity index (χ2v) is 5.26. The van der Waals surface area contributed by atoms with Crippen molar-refractivity contribution in [1.82, 2.24) is 19.9 Å². The molecule has 21 heavy (non-hydrogen) atoms. The van der Waals surface area contributed by atoms with Gasteiger partial charge in [0, 0.05) is 24.7 Å². The second kappa shape index (κ2) is 7.14. The van der Waals surface area contributed by atoms with Gasteiger partial charge in [0.1, 0.15) is 5.01 Å². The number of hydrogen-bond donors (Lipinski definition) is 3. The van der Waals surface area contributed by atoms with Gasteiger partial charge in [-0.2, -0.15) is 15.0 Å². The van der Waals surface area contributed by atoms with E-state index in [0.717, 1.165) is 18.1 Å². The molecule has 0 saturated heterocycles. The average Bonchev–Trinajstić information content (AvgIpc) is 3.02. The van der Waals surface area contributed by atoms with E-state index < -0.39 is 0 Å². The van der Waals surface area contributed by atoms with E-state index in [1.807, 2.05) is 31.1 Å². The molecule has 9 heteroatoms. The van der Waals surface area contributed by atoms with Gasteiger partial charge >= 0.3 is 0 Å². The van der Waals surface area contributed by atoms with Gasteiger partial charge in [0.15, 0.2) is 0 Å². The first-order valence-corrected chi connectivity index (χ1v) is 7.69. The van der Waals surface area contributed by atoms with E-state index in [1.165, 1.54) is 0 Å². The summed E-state index contributed by atoms with van der Waals surface area (Å²) in [4.78, 5) is 19.3. The van der Waals surface area contributed by atoms with E-state index in [9.17, 15) is 0 Å². The number of nitrogens with zero attached hydrogens (tertiary/aromatic N) is 5. The number of hydrogen-bond acceptors (Lipinski definition) is 9. The molecule has 0 saturated carbocycles. The first-order chi connectivity index (χ1) is 10.2. The predicted molar refractivity (Wildman–Crippen MR) is 85.3 cm³/mol. The van der Waals surface area contributed by atoms with E-state index in [1.54, 1.807) is 17.5 Å². The summed E-state index contributed by atoms with van der Waals surface area (Å²) in [5.41, 5.74) is 2.48. The third kappa shape index (κ3) is 3.76. The van der Waals surface area contributed by atoms with Gasteiger partial charge in [-0.1, -0.05) is 0 Å². The van der Waals surface area contributed by atoms with E-state index in [-0.39, 0.29) is 6.04 Å². The fourth-order valence-corrected chi connectivity index (χ4v) is 2.49. The zero-order valence-corrected chi connectivity index (χ0v) is 13.2. The van der Waals surface area contributed by atoms with E-state index in [2.05, 4.69) is 30.7 Å². The Morgan fingerprint density at radius 3 is 2.52 bits per heavy atom. The minimum atomic E-state index is 0.0163. The summed E-state index contributed by atoms with van der Waals surface area (Å²) in [6.07, 6.45) is 1.78. The highest BCUT2D eigenvalue weighted by molar-refractivity contribution is 7.09. The van der Waals surface area contributed by atoms with Crippen LogP contribution in [0, 0.1) is 0 Å². The maximum atomic E-state index is 5.44. The van der Waals surface area contributed by atoms with E-state index in [0.29, 0.717) is 17.8 Å². The minimum Gasteiger partial charge on any atom is -0.345 e. The van der Waals surface area contributed by atoms with Crippen LogP contribution in [0.2, 0.25) is 0 Å². The van der Waals surface area contributed by atoms with Crippen LogP contribution in [-0.2, 0) is 0 Å². The average molecular weight is 308 g/mol. The smallest absolute Gasteiger partial charge is 0.243 e. The zero-order valence-electron chi connectivity index (χ0n) is 12.4. The minimum absolute atomic E-state index is 0.0163. The van der Waals surface area contributed by atoms with Gasteiger partial charge in [-0.25, -0.2) is 10.8 Å². The molecule has 0 aliphatic rings. The topological polar surface area (TPSA) is 105 Å². The summed E-state index contributed by atoms with van der Waals surface area (Å²) in [5.74, 6) is 6.84. The van der Waals surface area contributed by atoms with E-state index >= 15 is 0 Å². The molecule has 2 aromatic heterocycles. The molecule has 0 radical (unpaired) electrons. The van der Waals surface area contributed by atoms with Crippen molar-refractivity contribution in [3.63, 3.8) is 0 Å². The number of hydrazine groups is 1. The van der Waals surface area contributed by atoms with Crippen LogP contribution in [0.5, 0.6) is 0 Å². The van der Waals surface area contributed by atoms with Gasteiger partial charge in [0.25, 0.3) is 0 Å². The van der Waals surface area contributed by atoms with Gasteiger partial charge in [-0.3, -0.25) is 5.43 Å². The first-order valence-electron chi connectivity index (χ1n) is 6.81. The molecular formula is C12H20N8S. The molecule has 2 rings (SSSR count). The lowest BCUT2D eigenvalue weighted by Crippen LogP contribution is -2.26. The summed E-state index contributed by atoms with van der Waals surface area (Å²) < 4.78 is 0. The molecule has 0 amide bonds. The van der Waals surface area contributed by atoms with Crippen molar-refractivity contribution in [1.29, 1.82) is 0 Å². The Balaban J connectivity index is 2.24. The lowest BCUT2D eigenvalue weighted by molar-refractivity contribution is 0.798. The monoisotopic (exact) mass is 308 g/mol. The van der Waals surface area contributed by atoms with Crippen molar-refractivity contribution in [2.24, 2.45) is 5.84 Å². The fraction of sp³-hybridized carbons (Fsp3) is 0.500. The maximum absolute atomic E-state index is 5.44. The van der Waals surface area contributed by atoms with Gasteiger partial charge in [0.05, 0.1) is 6.04 Å². The molecular weight excluding hydrogens is 288 g/mol. The third-order valence-corrected chi connectivity index (χ3v) is 3.92. The Kier molecular flexibility index (Phi) is 5.23. The molecule has 8 nitrogen and oxygen atoms in total. The Bertz CT molecular complexity index is 554. The summed E-state index contributed by atoms with van der Waals surface area (Å²) in [7, 11) is 0. The maximum Gasteiger partial charge on any atom is 0.243 e. The Morgan fingerprint density at radius 1 is 1.24 bits per heavy atom. The fourth-order valence-electron chi connectivity index (χ4n) is 1.85. The molecule has 114 valence electrons. The van der Waals surface area contributed by atoms with Gasteiger partial charge < -0.3 is 10.2 Å². The second-order valence-electron chi connectivity index (χ2n) is 4.34. The number of nitrogen functional groups attached to an aromatic ring is 1. The molecule has 4 N–H and O–H groups in total. The zero-order chi connectivity index (χ0) is 15.2. The van der Waals surface area contributed by atoms with Crippen molar-refractivity contribution in [3.05, 3.63) is 16.6 Å². The Labute approximate surface area is 127 Å². The van der Waals surface area contributed by atoms with Gasteiger partial charge in [-0.05, 0) is 20.8 Å². The van der Waals surface area contributed by atoms with Crippen LogP contribution in [0.15, 0.2) is 11.6 Å². The molecule has 1 unspecified atom stereocenters. The summed E-state index contributed by atoms with van der Waals surface area (Å²) in [6.45, 7) is 7.73. The van der Waals surface area contributed by atoms with Crippen molar-refractivity contribution in [2.45, 2.75) is 26.8 Å². The van der Waals surface area contributed by atoms with Gasteiger partial charge in [-0.15, -0.1) is 11.3 Å². The van der Waals surface area contributed by atoms with Gasteiger partial charge in [0.2, 0.25) is 17.8 Å². The van der Waals surface area contributed by atoms with Crippen LogP contribution < -0.4 is 21.5 Å². The standard InChI is InChI=1S/C12H20N8S/c1-4-20(5-2)12-17-10(16-11(18-12)19-13)15-8(3)9-14-6-7-21-9/h6-8H,4-5,13H2,1-3H3,(H2,15,16,17,18,19). The predicted octanol–water partition coefficient (Wildman–Crippen LogP) is 1.63. The number of thiazole rings is 1. The molecule has 0 aliphatic heterocycles. The van der Waals surface area contributed by atoms with Crippen LogP contribution in [0.1, 0.15) is 31.8 Å². The highest BCUT2D eigenvalue weighted by Gasteiger charge is 2.14. The Morgan fingerprint density at radius 2 is 1.95 bits per heavy atom. The third-order valence-electron chi connectivity index (χ3n) is 2.97. The van der Waals surface area contributed by atoms with Crippen molar-refractivity contribution < 1.29 is 0 Å². The van der Waals surface area contributed by atoms with Crippen LogP contribution in [-0.4, -0.2) is 33.0 Å². The molecule has 0 aliphatic carbocycles. The number of nitrogens with two attached hydrogens (primary N) is 1. The summed E-state index contributed by atoms with van der Waals surface area (Å²) in [6, 6.07) is 0.0163. The molecule has 2 heterocycles. The SMILES string of the molecule is CCN(CC)c1nc(NN)nc(NC(C)c2nccs2)n1. The normalized spacial score (nSPS) is 12.0. The molecule has 0 bridgehead atoms. The van der Waals surface area contributed by atoms with Crippen molar-refractivity contribution >= 4 is 29.2 Å². The van der Waals surface area contributed by atoms with E-state index in [4.69, 9.17) is 5.84 Å². The molecule has 0 spiro atoms. The largest absolute Gasteiger partial charge is 0.345 e. The van der Waals surface area contributed by atoms with Crippen molar-refractivity contribution in [2.75, 3.05) is 28.7 Å². The number of rotatable bonds is 7. The van der Waals surface area contributed by atoms with Crippen molar-refractivity contribution in [3.8, 4) is 0 Å². The molecule has 2 aromatic rings. The molecule has 0 fully saturated rings. The lowest BCUT2D eigenvalue weighted by Gasteiger charge is -2.20. The highest BCUT2D eigenvalue weighted by Crippen LogP contribution is 2.20. The van der Waals surface area contributed by atoms with Crippen LogP contribution >= 0.6 is 11.3 Å². The quantitative estimate of drug-likeness (QED) is 0.523. The molecule has 0 aromatic carbocycles. The van der Waals surface area contributed by atoms with Crippen LogP contribution in [0.25, 0.3) is 0 Å². The highest BCUT2D eigenvalue weighted by atomic mass is 32.1. The summed E-state index contributed by atoms with van der Waals surface area (Å²) in [5, 5.41) is 6.14. The van der Waals surface area contributed by atoms with Crippen LogP contribution in [0.3, 0.4) is 0 Å². The molecule has 1 atom stereocenters. The number of nitrogens with one attached hydrogen (secondary N) is 2. The number of anilines is 3. The lowest BCUT2D eigenvalue weighted by atomic mass is 10.4. The first kappa shape index (κ1) is 15.4. The Hall–Kier alpha value is -2.00. The number of aromatic nitrogens is 4. The summed E-state index contributed by atoms with van der Waals surface area (Å²) >= 11 is 1.58. The van der Waals surface area contributed by atoms with Crippen LogP contribution in [0.4, 0.5) is 17.8 Å².